The summed E-state index contributed by atoms with van der Waals surface area (Å²) in [5, 5.41) is 13.6. The first-order chi connectivity index (χ1) is 5.63. The summed E-state index contributed by atoms with van der Waals surface area (Å²) in [4.78, 5) is 0. The van der Waals surface area contributed by atoms with Gasteiger partial charge in [-0.3, -0.25) is 0 Å². The lowest BCUT2D eigenvalue weighted by Gasteiger charge is -1.99. The molecule has 1 N–H and O–H groups in total. The zero-order chi connectivity index (χ0) is 9.14. The molecule has 68 valence electrons. The summed E-state index contributed by atoms with van der Waals surface area (Å²) in [7, 11) is 0. The van der Waals surface area contributed by atoms with Crippen LogP contribution in [-0.4, -0.2) is 14.9 Å². The van der Waals surface area contributed by atoms with Gasteiger partial charge in [-0.2, -0.15) is 5.10 Å². The third-order valence-corrected chi connectivity index (χ3v) is 1.73. The van der Waals surface area contributed by atoms with E-state index in [1.54, 1.807) is 10.7 Å². The van der Waals surface area contributed by atoms with E-state index in [1.807, 2.05) is 6.92 Å². The second kappa shape index (κ2) is 3.61. The minimum Gasteiger partial charge on any atom is -0.493 e. The Kier molecular flexibility index (Phi) is 2.74. The Morgan fingerprint density at radius 2 is 2.25 bits per heavy atom. The first-order valence-corrected chi connectivity index (χ1v) is 4.39. The van der Waals surface area contributed by atoms with E-state index in [0.29, 0.717) is 5.92 Å². The molecule has 0 aromatic carbocycles. The lowest BCUT2D eigenvalue weighted by molar-refractivity contribution is 0.404. The minimum absolute atomic E-state index is 0.271. The van der Waals surface area contributed by atoms with Crippen LogP contribution in [0.15, 0.2) is 6.07 Å². The average Bonchev–Trinajstić information content (AvgIpc) is 2.29. The van der Waals surface area contributed by atoms with Gasteiger partial charge in [-0.15, -0.1) is 0 Å². The van der Waals surface area contributed by atoms with E-state index in [9.17, 15) is 5.11 Å². The maximum absolute atomic E-state index is 9.34. The van der Waals surface area contributed by atoms with E-state index in [-0.39, 0.29) is 5.88 Å². The van der Waals surface area contributed by atoms with Crippen molar-refractivity contribution < 1.29 is 5.11 Å². The normalized spacial score (nSPS) is 11.0. The van der Waals surface area contributed by atoms with Crippen molar-refractivity contribution in [1.29, 1.82) is 0 Å². The van der Waals surface area contributed by atoms with Gasteiger partial charge in [0.2, 0.25) is 5.88 Å². The van der Waals surface area contributed by atoms with Crippen molar-refractivity contribution in [2.75, 3.05) is 0 Å². The van der Waals surface area contributed by atoms with Crippen LogP contribution in [-0.2, 0) is 13.0 Å². The SMILES string of the molecule is CCn1nc(CC(C)C)cc1O. The molecule has 0 aliphatic heterocycles. The molecule has 0 fully saturated rings. The Hall–Kier alpha value is -0.990. The van der Waals surface area contributed by atoms with Gasteiger partial charge in [-0.05, 0) is 19.3 Å². The molecule has 1 rings (SSSR count). The fraction of sp³-hybridized carbons (Fsp3) is 0.667. The quantitative estimate of drug-likeness (QED) is 0.747. The second-order valence-corrected chi connectivity index (χ2v) is 3.41. The molecule has 0 unspecified atom stereocenters. The van der Waals surface area contributed by atoms with Crippen LogP contribution in [0, 0.1) is 5.92 Å². The van der Waals surface area contributed by atoms with Gasteiger partial charge in [0, 0.05) is 12.6 Å². The van der Waals surface area contributed by atoms with Crippen LogP contribution < -0.4 is 0 Å². The molecule has 0 spiro atoms. The number of hydrogen-bond donors (Lipinski definition) is 1. The van der Waals surface area contributed by atoms with Crippen molar-refractivity contribution >= 4 is 0 Å². The van der Waals surface area contributed by atoms with Crippen LogP contribution in [0.25, 0.3) is 0 Å². The molecule has 1 heterocycles. The molecular weight excluding hydrogens is 152 g/mol. The zero-order valence-corrected chi connectivity index (χ0v) is 7.91. The van der Waals surface area contributed by atoms with Crippen LogP contribution in [0.3, 0.4) is 0 Å². The van der Waals surface area contributed by atoms with Crippen LogP contribution >= 0.6 is 0 Å². The monoisotopic (exact) mass is 168 g/mol. The summed E-state index contributed by atoms with van der Waals surface area (Å²) >= 11 is 0. The fourth-order valence-electron chi connectivity index (χ4n) is 1.21. The van der Waals surface area contributed by atoms with Gasteiger partial charge in [0.25, 0.3) is 0 Å². The predicted molar refractivity (Wildman–Crippen MR) is 48.1 cm³/mol. The summed E-state index contributed by atoms with van der Waals surface area (Å²) < 4.78 is 1.61. The van der Waals surface area contributed by atoms with Gasteiger partial charge in [0.15, 0.2) is 0 Å². The Balaban J connectivity index is 2.75. The van der Waals surface area contributed by atoms with E-state index < -0.39 is 0 Å². The smallest absolute Gasteiger partial charge is 0.209 e. The highest BCUT2D eigenvalue weighted by Crippen LogP contribution is 2.13. The van der Waals surface area contributed by atoms with Crippen molar-refractivity contribution in [1.82, 2.24) is 9.78 Å². The summed E-state index contributed by atoms with van der Waals surface area (Å²) in [5.41, 5.74) is 0.976. The number of nitrogens with zero attached hydrogens (tertiary/aromatic N) is 2. The maximum Gasteiger partial charge on any atom is 0.209 e. The molecule has 1 aromatic rings. The van der Waals surface area contributed by atoms with E-state index >= 15 is 0 Å². The Morgan fingerprint density at radius 3 is 2.67 bits per heavy atom. The van der Waals surface area contributed by atoms with Gasteiger partial charge < -0.3 is 5.11 Å². The molecule has 0 aliphatic carbocycles. The molecule has 12 heavy (non-hydrogen) atoms. The summed E-state index contributed by atoms with van der Waals surface area (Å²) in [5.74, 6) is 0.859. The fourth-order valence-corrected chi connectivity index (χ4v) is 1.21. The molecule has 1 aromatic heterocycles. The number of rotatable bonds is 3. The molecular formula is C9H16N2O. The largest absolute Gasteiger partial charge is 0.493 e. The number of aromatic hydroxyl groups is 1. The van der Waals surface area contributed by atoms with Crippen LogP contribution in [0.5, 0.6) is 5.88 Å². The lowest BCUT2D eigenvalue weighted by Crippen LogP contribution is -1.99. The Labute approximate surface area is 73.0 Å². The molecule has 0 atom stereocenters. The lowest BCUT2D eigenvalue weighted by atomic mass is 10.1. The third kappa shape index (κ3) is 2.00. The predicted octanol–water partition coefficient (Wildman–Crippen LogP) is 1.81. The highest BCUT2D eigenvalue weighted by Gasteiger charge is 2.05. The minimum atomic E-state index is 0.271. The topological polar surface area (TPSA) is 38.0 Å². The molecule has 0 aliphatic rings. The molecule has 3 heteroatoms. The molecule has 0 saturated carbocycles. The van der Waals surface area contributed by atoms with Crippen LogP contribution in [0.1, 0.15) is 26.5 Å². The number of aryl methyl sites for hydroxylation is 1. The number of hydrogen-bond acceptors (Lipinski definition) is 2. The van der Waals surface area contributed by atoms with Crippen LogP contribution in [0.4, 0.5) is 0 Å². The standard InChI is InChI=1S/C9H16N2O/c1-4-11-9(12)6-8(10-11)5-7(2)3/h6-7,12H,4-5H2,1-3H3. The van der Waals surface area contributed by atoms with Gasteiger partial charge in [-0.25, -0.2) is 4.68 Å². The number of aromatic nitrogens is 2. The van der Waals surface area contributed by atoms with E-state index in [1.165, 1.54) is 0 Å². The molecule has 0 amide bonds. The van der Waals surface area contributed by atoms with Crippen molar-refractivity contribution in [2.45, 2.75) is 33.7 Å². The molecule has 0 saturated heterocycles. The Bertz CT molecular complexity index is 253. The first-order valence-electron chi connectivity index (χ1n) is 4.39. The summed E-state index contributed by atoms with van der Waals surface area (Å²) in [6, 6.07) is 1.74. The maximum atomic E-state index is 9.34. The van der Waals surface area contributed by atoms with Gasteiger partial charge in [0.05, 0.1) is 5.69 Å². The third-order valence-electron chi connectivity index (χ3n) is 1.73. The van der Waals surface area contributed by atoms with Crippen molar-refractivity contribution in [3.8, 4) is 5.88 Å². The second-order valence-electron chi connectivity index (χ2n) is 3.41. The van der Waals surface area contributed by atoms with Crippen molar-refractivity contribution in [3.63, 3.8) is 0 Å². The van der Waals surface area contributed by atoms with Crippen molar-refractivity contribution in [2.24, 2.45) is 5.92 Å². The summed E-state index contributed by atoms with van der Waals surface area (Å²) in [6.07, 6.45) is 0.931. The van der Waals surface area contributed by atoms with Crippen molar-refractivity contribution in [3.05, 3.63) is 11.8 Å². The zero-order valence-electron chi connectivity index (χ0n) is 7.91. The van der Waals surface area contributed by atoms with Gasteiger partial charge in [0.1, 0.15) is 0 Å². The van der Waals surface area contributed by atoms with Gasteiger partial charge in [-0.1, -0.05) is 13.8 Å². The molecule has 0 bridgehead atoms. The first kappa shape index (κ1) is 9.10. The highest BCUT2D eigenvalue weighted by atomic mass is 16.3. The molecule has 0 radical (unpaired) electrons. The van der Waals surface area contributed by atoms with Gasteiger partial charge >= 0.3 is 0 Å². The highest BCUT2D eigenvalue weighted by molar-refractivity contribution is 5.14. The Morgan fingerprint density at radius 1 is 1.58 bits per heavy atom. The molecule has 3 nitrogen and oxygen atoms in total. The van der Waals surface area contributed by atoms with E-state index in [2.05, 4.69) is 18.9 Å². The van der Waals surface area contributed by atoms with E-state index in [4.69, 9.17) is 0 Å². The average molecular weight is 168 g/mol. The van der Waals surface area contributed by atoms with Crippen LogP contribution in [0.2, 0.25) is 0 Å². The van der Waals surface area contributed by atoms with E-state index in [0.717, 1.165) is 18.7 Å². The summed E-state index contributed by atoms with van der Waals surface area (Å²) in [6.45, 7) is 6.97.